The number of imidazole rings is 1. The normalized spacial score (nSPS) is 12.8. The van der Waals surface area contributed by atoms with Crippen LogP contribution in [0.2, 0.25) is 0 Å². The summed E-state index contributed by atoms with van der Waals surface area (Å²) in [6, 6.07) is 13.4. The first-order valence-electron chi connectivity index (χ1n) is 6.53. The lowest BCUT2D eigenvalue weighted by atomic mass is 10.1. The molecule has 0 bridgehead atoms. The van der Waals surface area contributed by atoms with Crippen molar-refractivity contribution in [1.29, 1.82) is 0 Å². The van der Waals surface area contributed by atoms with E-state index in [0.717, 1.165) is 11.1 Å². The third-order valence-electron chi connectivity index (χ3n) is 3.65. The molecule has 2 nitrogen and oxygen atoms in total. The minimum atomic E-state index is -0.275. The fourth-order valence-electron chi connectivity index (χ4n) is 2.49. The third-order valence-corrected chi connectivity index (χ3v) is 3.95. The topological polar surface area (TPSA) is 20.7 Å². The molecule has 0 saturated heterocycles. The summed E-state index contributed by atoms with van der Waals surface area (Å²) in [5.41, 5.74) is 3.63. The van der Waals surface area contributed by atoms with Gasteiger partial charge in [-0.2, -0.15) is 0 Å². The molecule has 0 radical (unpaired) electrons. The maximum Gasteiger partial charge on any atom is 0.178 e. The number of aromatic amines is 1. The number of benzene rings is 2. The van der Waals surface area contributed by atoms with Crippen LogP contribution < -0.4 is 0 Å². The SMILES string of the molecule is Cc1ccc(C(C)n2c(=S)[nH]c3c(F)cccc32)cc1. The molecule has 1 unspecified atom stereocenters. The van der Waals surface area contributed by atoms with Crippen LogP contribution in [0.15, 0.2) is 42.5 Å². The van der Waals surface area contributed by atoms with Crippen molar-refractivity contribution in [2.75, 3.05) is 0 Å². The summed E-state index contributed by atoms with van der Waals surface area (Å²) in [6.07, 6.45) is 0. The van der Waals surface area contributed by atoms with Crippen LogP contribution in [0.25, 0.3) is 11.0 Å². The molecule has 0 saturated carbocycles. The maximum absolute atomic E-state index is 13.8. The first kappa shape index (κ1) is 13.1. The van der Waals surface area contributed by atoms with Crippen molar-refractivity contribution < 1.29 is 4.39 Å². The zero-order chi connectivity index (χ0) is 14.3. The van der Waals surface area contributed by atoms with Gasteiger partial charge in [0, 0.05) is 0 Å². The molecule has 0 fully saturated rings. The van der Waals surface area contributed by atoms with E-state index in [9.17, 15) is 4.39 Å². The molecule has 0 aliphatic heterocycles. The van der Waals surface area contributed by atoms with E-state index in [2.05, 4.69) is 43.1 Å². The van der Waals surface area contributed by atoms with Gasteiger partial charge in [-0.1, -0.05) is 35.9 Å². The standard InChI is InChI=1S/C16H15FN2S/c1-10-6-8-12(9-7-10)11(2)19-14-5-3-4-13(17)15(14)18-16(19)20/h3-9,11H,1-2H3,(H,18,20). The fraction of sp³-hybridized carbons (Fsp3) is 0.188. The number of nitrogens with zero attached hydrogens (tertiary/aromatic N) is 1. The molecule has 20 heavy (non-hydrogen) atoms. The maximum atomic E-state index is 13.8. The number of H-pyrrole nitrogens is 1. The molecule has 1 heterocycles. The third kappa shape index (κ3) is 2.06. The Bertz CT molecular complexity index is 815. The molecule has 4 heteroatoms. The first-order chi connectivity index (χ1) is 9.58. The summed E-state index contributed by atoms with van der Waals surface area (Å²) in [6.45, 7) is 4.12. The summed E-state index contributed by atoms with van der Waals surface area (Å²) >= 11 is 5.36. The van der Waals surface area contributed by atoms with Gasteiger partial charge in [-0.25, -0.2) is 4.39 Å². The first-order valence-corrected chi connectivity index (χ1v) is 6.94. The Morgan fingerprint density at radius 1 is 1.15 bits per heavy atom. The Morgan fingerprint density at radius 2 is 1.85 bits per heavy atom. The largest absolute Gasteiger partial charge is 0.328 e. The molecule has 3 rings (SSSR count). The molecule has 0 spiro atoms. The van der Waals surface area contributed by atoms with Gasteiger partial charge in [-0.3, -0.25) is 0 Å². The van der Waals surface area contributed by atoms with Gasteiger partial charge in [0.25, 0.3) is 0 Å². The fourth-order valence-corrected chi connectivity index (χ4v) is 2.85. The van der Waals surface area contributed by atoms with E-state index in [1.165, 1.54) is 11.6 Å². The highest BCUT2D eigenvalue weighted by atomic mass is 32.1. The molecule has 1 N–H and O–H groups in total. The summed E-state index contributed by atoms with van der Waals surface area (Å²) < 4.78 is 16.3. The minimum absolute atomic E-state index is 0.0543. The lowest BCUT2D eigenvalue weighted by molar-refractivity contribution is 0.636. The van der Waals surface area contributed by atoms with Crippen molar-refractivity contribution in [2.45, 2.75) is 19.9 Å². The Hall–Kier alpha value is -1.94. The van der Waals surface area contributed by atoms with Gasteiger partial charge in [0.1, 0.15) is 11.3 Å². The Morgan fingerprint density at radius 3 is 2.55 bits per heavy atom. The van der Waals surface area contributed by atoms with Gasteiger partial charge < -0.3 is 9.55 Å². The number of aromatic nitrogens is 2. The molecule has 1 aromatic heterocycles. The van der Waals surface area contributed by atoms with Gasteiger partial charge in [0.05, 0.1) is 11.6 Å². The van der Waals surface area contributed by atoms with Crippen LogP contribution >= 0.6 is 12.2 Å². The van der Waals surface area contributed by atoms with Crippen LogP contribution in [0.4, 0.5) is 4.39 Å². The van der Waals surface area contributed by atoms with Crippen molar-refractivity contribution in [2.24, 2.45) is 0 Å². The number of aryl methyl sites for hydroxylation is 1. The van der Waals surface area contributed by atoms with E-state index in [4.69, 9.17) is 12.2 Å². The molecule has 2 aromatic carbocycles. The predicted octanol–water partition coefficient (Wildman–Crippen LogP) is 4.76. The van der Waals surface area contributed by atoms with E-state index in [-0.39, 0.29) is 11.9 Å². The highest BCUT2D eigenvalue weighted by molar-refractivity contribution is 7.71. The van der Waals surface area contributed by atoms with Crippen molar-refractivity contribution in [3.8, 4) is 0 Å². The number of nitrogens with one attached hydrogen (secondary N) is 1. The Labute approximate surface area is 121 Å². The lowest BCUT2D eigenvalue weighted by Crippen LogP contribution is -2.06. The van der Waals surface area contributed by atoms with E-state index < -0.39 is 0 Å². The second-order valence-corrected chi connectivity index (χ2v) is 5.41. The molecule has 102 valence electrons. The molecule has 3 aromatic rings. The summed E-state index contributed by atoms with van der Waals surface area (Å²) in [5, 5.41) is 0. The van der Waals surface area contributed by atoms with E-state index in [1.807, 2.05) is 10.6 Å². The van der Waals surface area contributed by atoms with Gasteiger partial charge in [0.15, 0.2) is 4.77 Å². The van der Waals surface area contributed by atoms with Crippen molar-refractivity contribution >= 4 is 23.3 Å². The zero-order valence-electron chi connectivity index (χ0n) is 11.4. The number of fused-ring (bicyclic) bond motifs is 1. The average Bonchev–Trinajstić information content (AvgIpc) is 2.77. The number of rotatable bonds is 2. The second-order valence-electron chi connectivity index (χ2n) is 5.02. The highest BCUT2D eigenvalue weighted by Crippen LogP contribution is 2.25. The van der Waals surface area contributed by atoms with Crippen molar-refractivity contribution in [1.82, 2.24) is 9.55 Å². The smallest absolute Gasteiger partial charge is 0.178 e. The minimum Gasteiger partial charge on any atom is -0.328 e. The molecule has 0 aliphatic carbocycles. The van der Waals surface area contributed by atoms with Gasteiger partial charge in [-0.05, 0) is 43.8 Å². The second kappa shape index (κ2) is 4.87. The van der Waals surface area contributed by atoms with E-state index in [0.29, 0.717) is 10.3 Å². The number of para-hydroxylation sites is 1. The molecular formula is C16H15FN2S. The number of hydrogen-bond donors (Lipinski definition) is 1. The van der Waals surface area contributed by atoms with E-state index >= 15 is 0 Å². The Balaban J connectivity index is 2.19. The van der Waals surface area contributed by atoms with Crippen LogP contribution in [-0.4, -0.2) is 9.55 Å². The van der Waals surface area contributed by atoms with Gasteiger partial charge >= 0.3 is 0 Å². The van der Waals surface area contributed by atoms with Crippen molar-refractivity contribution in [3.05, 3.63) is 64.2 Å². The van der Waals surface area contributed by atoms with E-state index in [1.54, 1.807) is 6.07 Å². The predicted molar refractivity (Wildman–Crippen MR) is 82.1 cm³/mol. The average molecular weight is 286 g/mol. The summed E-state index contributed by atoms with van der Waals surface area (Å²) in [4.78, 5) is 2.96. The Kier molecular flexibility index (Phi) is 3.18. The number of halogens is 1. The monoisotopic (exact) mass is 286 g/mol. The van der Waals surface area contributed by atoms with Crippen molar-refractivity contribution in [3.63, 3.8) is 0 Å². The van der Waals surface area contributed by atoms with Crippen LogP contribution in [0.1, 0.15) is 24.1 Å². The molecule has 0 aliphatic rings. The number of hydrogen-bond acceptors (Lipinski definition) is 1. The van der Waals surface area contributed by atoms with Crippen LogP contribution in [-0.2, 0) is 0 Å². The highest BCUT2D eigenvalue weighted by Gasteiger charge is 2.14. The molecule has 0 amide bonds. The molecule has 1 atom stereocenters. The van der Waals surface area contributed by atoms with Crippen LogP contribution in [0, 0.1) is 17.5 Å². The van der Waals surface area contributed by atoms with Crippen LogP contribution in [0.5, 0.6) is 0 Å². The van der Waals surface area contributed by atoms with Gasteiger partial charge in [0.2, 0.25) is 0 Å². The summed E-state index contributed by atoms with van der Waals surface area (Å²) in [7, 11) is 0. The molecular weight excluding hydrogens is 271 g/mol. The lowest BCUT2D eigenvalue weighted by Gasteiger charge is -2.15. The zero-order valence-corrected chi connectivity index (χ0v) is 12.2. The summed E-state index contributed by atoms with van der Waals surface area (Å²) in [5.74, 6) is -0.275. The van der Waals surface area contributed by atoms with Crippen LogP contribution in [0.3, 0.4) is 0 Å². The van der Waals surface area contributed by atoms with Gasteiger partial charge in [-0.15, -0.1) is 0 Å². The quantitative estimate of drug-likeness (QED) is 0.674.